The molecule has 0 atom stereocenters. The Hall–Kier alpha value is -0.200. The molecule has 3 saturated heterocycles. The molecule has 3 aliphatic heterocycles. The molecule has 4 fully saturated rings. The molecule has 1 aliphatic carbocycles. The van der Waals surface area contributed by atoms with E-state index in [1.165, 1.54) is 97.2 Å². The minimum atomic E-state index is 0.494. The lowest BCUT2D eigenvalue weighted by molar-refractivity contribution is -0.110. The zero-order valence-electron chi connectivity index (χ0n) is 17.7. The standard InChI is InChI=1S/C22H41N3O2/c1-23-9-3-18(4-10-23)17-24-11-5-21(6-12-24)27-22-15-19(16-22)25-13-7-20(26-2)8-14-25/h18-22H,3-17H2,1-2H3. The summed E-state index contributed by atoms with van der Waals surface area (Å²) < 4.78 is 12.0. The maximum atomic E-state index is 6.46. The van der Waals surface area contributed by atoms with E-state index in [-0.39, 0.29) is 0 Å². The molecule has 0 aromatic rings. The number of ether oxygens (including phenoxy) is 2. The van der Waals surface area contributed by atoms with E-state index in [1.807, 2.05) is 7.11 Å². The second-order valence-corrected chi connectivity index (χ2v) is 9.60. The summed E-state index contributed by atoms with van der Waals surface area (Å²) in [6.45, 7) is 8.82. The Morgan fingerprint density at radius 2 is 1.37 bits per heavy atom. The van der Waals surface area contributed by atoms with Crippen LogP contribution in [0.1, 0.15) is 51.4 Å². The summed E-state index contributed by atoms with van der Waals surface area (Å²) in [6, 6.07) is 0.775. The highest BCUT2D eigenvalue weighted by atomic mass is 16.5. The summed E-state index contributed by atoms with van der Waals surface area (Å²) in [4.78, 5) is 7.86. The van der Waals surface area contributed by atoms with Crippen molar-refractivity contribution >= 4 is 0 Å². The van der Waals surface area contributed by atoms with E-state index in [9.17, 15) is 0 Å². The average Bonchev–Trinajstić information content (AvgIpc) is 2.68. The number of nitrogens with zero attached hydrogens (tertiary/aromatic N) is 3. The highest BCUT2D eigenvalue weighted by Crippen LogP contribution is 2.33. The van der Waals surface area contributed by atoms with Crippen LogP contribution in [0.2, 0.25) is 0 Å². The van der Waals surface area contributed by atoms with Crippen LogP contribution in [0.3, 0.4) is 0 Å². The first kappa shape index (κ1) is 20.1. The molecule has 3 heterocycles. The molecule has 5 nitrogen and oxygen atoms in total. The monoisotopic (exact) mass is 379 g/mol. The van der Waals surface area contributed by atoms with Gasteiger partial charge in [0.05, 0.1) is 18.3 Å². The van der Waals surface area contributed by atoms with Crippen molar-refractivity contribution in [1.29, 1.82) is 0 Å². The summed E-state index contributed by atoms with van der Waals surface area (Å²) in [5.41, 5.74) is 0. The zero-order chi connectivity index (χ0) is 18.6. The van der Waals surface area contributed by atoms with Gasteiger partial charge in [-0.1, -0.05) is 0 Å². The molecule has 0 spiro atoms. The summed E-state index contributed by atoms with van der Waals surface area (Å²) in [7, 11) is 4.11. The van der Waals surface area contributed by atoms with E-state index >= 15 is 0 Å². The van der Waals surface area contributed by atoms with Gasteiger partial charge in [0, 0.05) is 45.9 Å². The molecule has 0 aromatic heterocycles. The first-order valence-electron chi connectivity index (χ1n) is 11.5. The van der Waals surface area contributed by atoms with Crippen LogP contribution in [0, 0.1) is 5.92 Å². The number of methoxy groups -OCH3 is 1. The molecule has 156 valence electrons. The molecule has 5 heteroatoms. The Morgan fingerprint density at radius 1 is 0.741 bits per heavy atom. The van der Waals surface area contributed by atoms with E-state index < -0.39 is 0 Å². The number of hydrogen-bond acceptors (Lipinski definition) is 5. The number of rotatable bonds is 6. The summed E-state index contributed by atoms with van der Waals surface area (Å²) in [5, 5.41) is 0. The normalized spacial score (nSPS) is 34.0. The second-order valence-electron chi connectivity index (χ2n) is 9.60. The Labute approximate surface area is 166 Å². The summed E-state index contributed by atoms with van der Waals surface area (Å²) in [6.07, 6.45) is 11.7. The van der Waals surface area contributed by atoms with Gasteiger partial charge in [-0.25, -0.2) is 0 Å². The molecule has 1 saturated carbocycles. The lowest BCUT2D eigenvalue weighted by atomic mass is 9.86. The van der Waals surface area contributed by atoms with Crippen LogP contribution in [0.5, 0.6) is 0 Å². The fourth-order valence-electron chi connectivity index (χ4n) is 5.53. The van der Waals surface area contributed by atoms with Gasteiger partial charge in [0.1, 0.15) is 0 Å². The highest BCUT2D eigenvalue weighted by molar-refractivity contribution is 4.91. The van der Waals surface area contributed by atoms with Crippen molar-refractivity contribution in [2.75, 3.05) is 60.0 Å². The van der Waals surface area contributed by atoms with E-state index in [2.05, 4.69) is 21.7 Å². The van der Waals surface area contributed by atoms with E-state index in [0.29, 0.717) is 18.3 Å². The van der Waals surface area contributed by atoms with Gasteiger partial charge in [0.15, 0.2) is 0 Å². The van der Waals surface area contributed by atoms with Crippen molar-refractivity contribution in [3.63, 3.8) is 0 Å². The van der Waals surface area contributed by atoms with Gasteiger partial charge in [-0.05, 0) is 77.4 Å². The van der Waals surface area contributed by atoms with Gasteiger partial charge in [-0.3, -0.25) is 4.90 Å². The highest BCUT2D eigenvalue weighted by Gasteiger charge is 2.37. The third-order valence-corrected chi connectivity index (χ3v) is 7.67. The Bertz CT molecular complexity index is 433. The third kappa shape index (κ3) is 5.45. The van der Waals surface area contributed by atoms with Crippen LogP contribution in [0.4, 0.5) is 0 Å². The van der Waals surface area contributed by atoms with Crippen LogP contribution in [0.25, 0.3) is 0 Å². The summed E-state index contributed by atoms with van der Waals surface area (Å²) >= 11 is 0. The van der Waals surface area contributed by atoms with Crippen LogP contribution < -0.4 is 0 Å². The van der Waals surface area contributed by atoms with Crippen LogP contribution in [-0.4, -0.2) is 99.0 Å². The maximum absolute atomic E-state index is 6.46. The number of piperidine rings is 3. The molecule has 0 N–H and O–H groups in total. The molecular weight excluding hydrogens is 338 g/mol. The van der Waals surface area contributed by atoms with Crippen LogP contribution in [0.15, 0.2) is 0 Å². The number of hydrogen-bond donors (Lipinski definition) is 0. The van der Waals surface area contributed by atoms with Crippen LogP contribution >= 0.6 is 0 Å². The first-order valence-corrected chi connectivity index (χ1v) is 11.5. The van der Waals surface area contributed by atoms with Gasteiger partial charge in [0.25, 0.3) is 0 Å². The van der Waals surface area contributed by atoms with Crippen molar-refractivity contribution in [2.45, 2.75) is 75.7 Å². The molecular formula is C22H41N3O2. The maximum Gasteiger partial charge on any atom is 0.0608 e. The lowest BCUT2D eigenvalue weighted by Gasteiger charge is -2.47. The zero-order valence-corrected chi connectivity index (χ0v) is 17.7. The van der Waals surface area contributed by atoms with Crippen LogP contribution in [-0.2, 0) is 9.47 Å². The second kappa shape index (κ2) is 9.53. The van der Waals surface area contributed by atoms with Gasteiger partial charge in [-0.2, -0.15) is 0 Å². The van der Waals surface area contributed by atoms with E-state index in [4.69, 9.17) is 9.47 Å². The minimum absolute atomic E-state index is 0.494. The summed E-state index contributed by atoms with van der Waals surface area (Å²) in [5.74, 6) is 0.924. The molecule has 0 amide bonds. The van der Waals surface area contributed by atoms with Gasteiger partial charge >= 0.3 is 0 Å². The molecule has 4 rings (SSSR count). The fourth-order valence-corrected chi connectivity index (χ4v) is 5.53. The fraction of sp³-hybridized carbons (Fsp3) is 1.00. The minimum Gasteiger partial charge on any atom is -0.381 e. The largest absolute Gasteiger partial charge is 0.381 e. The SMILES string of the molecule is COC1CCN(C2CC(OC3CCN(CC4CCN(C)CC4)CC3)C2)CC1. The van der Waals surface area contributed by atoms with Crippen molar-refractivity contribution < 1.29 is 9.47 Å². The van der Waals surface area contributed by atoms with Crippen molar-refractivity contribution in [3.8, 4) is 0 Å². The third-order valence-electron chi connectivity index (χ3n) is 7.67. The first-order chi connectivity index (χ1) is 13.2. The molecule has 0 aromatic carbocycles. The van der Waals surface area contributed by atoms with Gasteiger partial charge in [-0.15, -0.1) is 0 Å². The predicted octanol–water partition coefficient (Wildman–Crippen LogP) is 2.45. The number of likely N-dealkylation sites (tertiary alicyclic amines) is 3. The van der Waals surface area contributed by atoms with E-state index in [1.54, 1.807) is 0 Å². The Kier molecular flexibility index (Phi) is 7.09. The molecule has 0 radical (unpaired) electrons. The molecule has 0 unspecified atom stereocenters. The average molecular weight is 380 g/mol. The van der Waals surface area contributed by atoms with Crippen molar-refractivity contribution in [2.24, 2.45) is 5.92 Å². The van der Waals surface area contributed by atoms with Crippen molar-refractivity contribution in [1.82, 2.24) is 14.7 Å². The van der Waals surface area contributed by atoms with Gasteiger partial charge < -0.3 is 19.3 Å². The van der Waals surface area contributed by atoms with Gasteiger partial charge in [0.2, 0.25) is 0 Å². The Balaban J connectivity index is 1.08. The molecule has 4 aliphatic rings. The lowest BCUT2D eigenvalue weighted by Crippen LogP contribution is -2.52. The quantitative estimate of drug-likeness (QED) is 0.707. The predicted molar refractivity (Wildman–Crippen MR) is 109 cm³/mol. The van der Waals surface area contributed by atoms with E-state index in [0.717, 1.165) is 12.0 Å². The topological polar surface area (TPSA) is 28.2 Å². The smallest absolute Gasteiger partial charge is 0.0608 e. The Morgan fingerprint density at radius 3 is 2.00 bits per heavy atom. The molecule has 27 heavy (non-hydrogen) atoms. The molecule has 0 bridgehead atoms. The van der Waals surface area contributed by atoms with Crippen molar-refractivity contribution in [3.05, 3.63) is 0 Å².